The van der Waals surface area contributed by atoms with Crippen LogP contribution < -0.4 is 14.2 Å². The van der Waals surface area contributed by atoms with E-state index < -0.39 is 55.5 Å². The highest BCUT2D eigenvalue weighted by atomic mass is 16.6. The Kier molecular flexibility index (Phi) is 9.63. The average Bonchev–Trinajstić information content (AvgIpc) is 3.03. The summed E-state index contributed by atoms with van der Waals surface area (Å²) >= 11 is 0. The van der Waals surface area contributed by atoms with Crippen LogP contribution in [0.1, 0.15) is 31.1 Å². The van der Waals surface area contributed by atoms with E-state index in [0.717, 1.165) is 0 Å². The monoisotopic (exact) mass is 582 g/mol. The first-order valence-corrected chi connectivity index (χ1v) is 12.8. The van der Waals surface area contributed by atoms with Crippen LogP contribution in [0.4, 0.5) is 0 Å². The van der Waals surface area contributed by atoms with Gasteiger partial charge in [0.2, 0.25) is 0 Å². The summed E-state index contributed by atoms with van der Waals surface area (Å²) in [6.45, 7) is -1.41. The normalized spacial score (nSPS) is 21.0. The Hall–Kier alpha value is -4.65. The minimum atomic E-state index is -1.96. The summed E-state index contributed by atoms with van der Waals surface area (Å²) in [6, 6.07) is 14.8. The van der Waals surface area contributed by atoms with Crippen molar-refractivity contribution >= 4 is 17.9 Å². The second-order valence-electron chi connectivity index (χ2n) is 9.24. The van der Waals surface area contributed by atoms with Gasteiger partial charge in [-0.2, -0.15) is 0 Å². The molecule has 0 radical (unpaired) electrons. The molecule has 12 nitrogen and oxygen atoms in total. The summed E-state index contributed by atoms with van der Waals surface area (Å²) in [4.78, 5) is 39.4. The van der Waals surface area contributed by atoms with Crippen LogP contribution in [0.15, 0.2) is 60.7 Å². The molecule has 3 N–H and O–H groups in total. The molecule has 0 fully saturated rings. The third-order valence-corrected chi connectivity index (χ3v) is 6.66. The summed E-state index contributed by atoms with van der Waals surface area (Å²) in [7, 11) is 4.32. The van der Waals surface area contributed by atoms with Crippen LogP contribution in [0.3, 0.4) is 0 Å². The molecule has 4 atom stereocenters. The molecule has 1 heterocycles. The highest BCUT2D eigenvalue weighted by Crippen LogP contribution is 2.34. The molecule has 3 aromatic carbocycles. The maximum Gasteiger partial charge on any atom is 0.338 e. The maximum atomic E-state index is 13.4. The molecule has 4 rings (SSSR count). The van der Waals surface area contributed by atoms with Crippen molar-refractivity contribution in [1.29, 1.82) is 0 Å². The lowest BCUT2D eigenvalue weighted by Gasteiger charge is -2.29. The van der Waals surface area contributed by atoms with Crippen molar-refractivity contribution in [3.8, 4) is 28.4 Å². The van der Waals surface area contributed by atoms with E-state index in [1.54, 1.807) is 0 Å². The maximum absolute atomic E-state index is 13.4. The van der Waals surface area contributed by atoms with Crippen LogP contribution in [0, 0.1) is 0 Å². The number of hydrogen-bond acceptors (Lipinski definition) is 12. The predicted molar refractivity (Wildman–Crippen MR) is 146 cm³/mol. The predicted octanol–water partition coefficient (Wildman–Crippen LogP) is 2.01. The molecular weight excluding hydrogens is 552 g/mol. The molecular formula is C30H30O12. The van der Waals surface area contributed by atoms with Crippen molar-refractivity contribution in [2.45, 2.75) is 24.4 Å². The molecule has 0 bridgehead atoms. The molecule has 0 aromatic heterocycles. The van der Waals surface area contributed by atoms with Crippen LogP contribution in [0.5, 0.6) is 17.2 Å². The number of ether oxygens (including phenoxy) is 6. The summed E-state index contributed by atoms with van der Waals surface area (Å²) in [5.74, 6) is -1.48. The molecule has 42 heavy (non-hydrogen) atoms. The minimum absolute atomic E-state index is 0.00506. The van der Waals surface area contributed by atoms with E-state index >= 15 is 0 Å². The van der Waals surface area contributed by atoms with Gasteiger partial charge in [-0.25, -0.2) is 14.4 Å². The van der Waals surface area contributed by atoms with E-state index in [1.165, 1.54) is 82.0 Å². The van der Waals surface area contributed by atoms with E-state index in [9.17, 15) is 29.7 Å². The summed E-state index contributed by atoms with van der Waals surface area (Å²) in [5.41, 5.74) is 0.574. The third kappa shape index (κ3) is 6.62. The van der Waals surface area contributed by atoms with Gasteiger partial charge >= 0.3 is 17.9 Å². The van der Waals surface area contributed by atoms with Crippen molar-refractivity contribution in [3.05, 3.63) is 77.4 Å². The van der Waals surface area contributed by atoms with Crippen molar-refractivity contribution in [2.75, 3.05) is 34.5 Å². The van der Waals surface area contributed by atoms with Gasteiger partial charge < -0.3 is 43.7 Å². The smallest absolute Gasteiger partial charge is 0.338 e. The van der Waals surface area contributed by atoms with Crippen molar-refractivity contribution in [1.82, 2.24) is 0 Å². The Morgan fingerprint density at radius 1 is 0.667 bits per heavy atom. The van der Waals surface area contributed by atoms with Gasteiger partial charge in [-0.05, 0) is 60.7 Å². The Labute approximate surface area is 240 Å². The fraction of sp³-hybridized carbons (Fsp3) is 0.300. The Morgan fingerprint density at radius 2 is 1.14 bits per heavy atom. The number of hydrogen-bond donors (Lipinski definition) is 3. The van der Waals surface area contributed by atoms with Gasteiger partial charge in [0.15, 0.2) is 6.10 Å². The number of aliphatic hydroxyl groups excluding tert-OH is 3. The SMILES string of the molecule is COc1ccc(C(=O)O[C@H]2COC(=O)c3ccc(OC)cc3-c3cc(OC)ccc3C(=O)OC[C@@H](O)[C@@H](O)[C@@H]2O)cc1. The Balaban J connectivity index is 1.74. The topological polar surface area (TPSA) is 167 Å². The molecule has 1 aliphatic rings. The molecule has 0 aliphatic carbocycles. The van der Waals surface area contributed by atoms with Crippen LogP contribution >= 0.6 is 0 Å². The van der Waals surface area contributed by atoms with Gasteiger partial charge in [-0.3, -0.25) is 0 Å². The lowest BCUT2D eigenvalue weighted by Crippen LogP contribution is -2.49. The van der Waals surface area contributed by atoms with Gasteiger partial charge in [0.05, 0.1) is 38.0 Å². The molecule has 0 saturated heterocycles. The second kappa shape index (κ2) is 13.3. The van der Waals surface area contributed by atoms with E-state index in [1.807, 2.05) is 0 Å². The van der Waals surface area contributed by atoms with Gasteiger partial charge in [-0.1, -0.05) is 0 Å². The largest absolute Gasteiger partial charge is 0.497 e. The fourth-order valence-electron chi connectivity index (χ4n) is 4.26. The number of carbonyl (C=O) groups is 3. The number of aliphatic hydroxyl groups is 3. The van der Waals surface area contributed by atoms with E-state index in [-0.39, 0.29) is 27.8 Å². The number of fused-ring (bicyclic) bond motifs is 3. The molecule has 1 aliphatic heterocycles. The van der Waals surface area contributed by atoms with Gasteiger partial charge in [0.25, 0.3) is 0 Å². The summed E-state index contributed by atoms with van der Waals surface area (Å²) < 4.78 is 31.8. The van der Waals surface area contributed by atoms with Gasteiger partial charge in [-0.15, -0.1) is 0 Å². The fourth-order valence-corrected chi connectivity index (χ4v) is 4.26. The number of esters is 3. The van der Waals surface area contributed by atoms with Crippen LogP contribution in [-0.4, -0.2) is 92.2 Å². The molecule has 12 heteroatoms. The lowest BCUT2D eigenvalue weighted by molar-refractivity contribution is -0.128. The van der Waals surface area contributed by atoms with E-state index in [0.29, 0.717) is 17.2 Å². The molecule has 0 spiro atoms. The first-order valence-electron chi connectivity index (χ1n) is 12.8. The van der Waals surface area contributed by atoms with Crippen molar-refractivity contribution in [2.24, 2.45) is 0 Å². The molecule has 222 valence electrons. The molecule has 0 unspecified atom stereocenters. The first kappa shape index (κ1) is 30.3. The first-order chi connectivity index (χ1) is 20.2. The average molecular weight is 583 g/mol. The number of benzene rings is 3. The number of carbonyl (C=O) groups excluding carboxylic acids is 3. The van der Waals surface area contributed by atoms with E-state index in [2.05, 4.69) is 0 Å². The number of methoxy groups -OCH3 is 3. The number of cyclic esters (lactones) is 2. The van der Waals surface area contributed by atoms with Crippen molar-refractivity contribution in [3.63, 3.8) is 0 Å². The van der Waals surface area contributed by atoms with Gasteiger partial charge in [0, 0.05) is 11.1 Å². The quantitative estimate of drug-likeness (QED) is 0.296. The van der Waals surface area contributed by atoms with Crippen LogP contribution in [-0.2, 0) is 14.2 Å². The minimum Gasteiger partial charge on any atom is -0.497 e. The standard InChI is InChI=1S/C30H30O12/c1-37-17-6-4-16(5-7-17)28(34)42-25-15-41-30(36)21-11-9-19(39-3)13-23(21)22-12-18(38-2)8-10-20(22)29(35)40-14-24(31)26(32)27(25)33/h4-13,24-27,31-33H,14-15H2,1-3H3/t24-,25+,26-,27-/m1/s1. The van der Waals surface area contributed by atoms with Gasteiger partial charge in [0.1, 0.15) is 48.8 Å². The zero-order chi connectivity index (χ0) is 30.4. The zero-order valence-corrected chi connectivity index (χ0v) is 23.0. The molecule has 3 aromatic rings. The van der Waals surface area contributed by atoms with Crippen LogP contribution in [0.2, 0.25) is 0 Å². The van der Waals surface area contributed by atoms with E-state index in [4.69, 9.17) is 28.4 Å². The lowest BCUT2D eigenvalue weighted by atomic mass is 9.94. The molecule has 0 saturated carbocycles. The molecule has 0 amide bonds. The number of rotatable bonds is 5. The highest BCUT2D eigenvalue weighted by Gasteiger charge is 2.36. The summed E-state index contributed by atoms with van der Waals surface area (Å²) in [5, 5.41) is 32.0. The third-order valence-electron chi connectivity index (χ3n) is 6.66. The second-order valence-corrected chi connectivity index (χ2v) is 9.24. The van der Waals surface area contributed by atoms with Crippen molar-refractivity contribution < 1.29 is 58.1 Å². The van der Waals surface area contributed by atoms with Crippen LogP contribution in [0.25, 0.3) is 11.1 Å². The summed E-state index contributed by atoms with van der Waals surface area (Å²) in [6.07, 6.45) is -7.32. The Morgan fingerprint density at radius 3 is 1.64 bits per heavy atom. The highest BCUT2D eigenvalue weighted by molar-refractivity contribution is 6.03. The zero-order valence-electron chi connectivity index (χ0n) is 23.0. The Bertz CT molecular complexity index is 1430.